The van der Waals surface area contributed by atoms with E-state index in [1.807, 2.05) is 0 Å². The Morgan fingerprint density at radius 2 is 2.15 bits per heavy atom. The lowest BCUT2D eigenvalue weighted by Gasteiger charge is -2.30. The maximum absolute atomic E-state index is 3.55. The van der Waals surface area contributed by atoms with Crippen LogP contribution >= 0.6 is 0 Å². The van der Waals surface area contributed by atoms with Gasteiger partial charge in [-0.15, -0.1) is 0 Å². The van der Waals surface area contributed by atoms with Crippen LogP contribution in [0.2, 0.25) is 0 Å². The summed E-state index contributed by atoms with van der Waals surface area (Å²) in [5, 5.41) is 3.55. The summed E-state index contributed by atoms with van der Waals surface area (Å²) >= 11 is 0. The summed E-state index contributed by atoms with van der Waals surface area (Å²) in [7, 11) is 4.55. The fourth-order valence-electron chi connectivity index (χ4n) is 3.81. The molecule has 0 amide bonds. The van der Waals surface area contributed by atoms with Crippen molar-refractivity contribution in [1.82, 2.24) is 15.1 Å². The van der Waals surface area contributed by atoms with Crippen LogP contribution < -0.4 is 5.32 Å². The highest BCUT2D eigenvalue weighted by molar-refractivity contribution is 5.31. The summed E-state index contributed by atoms with van der Waals surface area (Å²) < 4.78 is 0. The summed E-state index contributed by atoms with van der Waals surface area (Å²) in [6, 6.07) is 9.53. The Balaban J connectivity index is 1.72. The number of nitrogens with zero attached hydrogens (tertiary/aromatic N) is 2. The van der Waals surface area contributed by atoms with Gasteiger partial charge < -0.3 is 10.2 Å². The molecular weight excluding hydrogens is 246 g/mol. The molecule has 0 aliphatic carbocycles. The summed E-state index contributed by atoms with van der Waals surface area (Å²) in [6.07, 6.45) is 2.57. The Kier molecular flexibility index (Phi) is 4.39. The first-order valence-electron chi connectivity index (χ1n) is 7.91. The smallest absolute Gasteiger partial charge is 0.0360 e. The van der Waals surface area contributed by atoms with E-state index < -0.39 is 0 Å². The Hall–Kier alpha value is -0.900. The van der Waals surface area contributed by atoms with E-state index in [1.54, 1.807) is 0 Å². The predicted octanol–water partition coefficient (Wildman–Crippen LogP) is 2.10. The highest BCUT2D eigenvalue weighted by Gasteiger charge is 2.26. The quantitative estimate of drug-likeness (QED) is 0.910. The van der Waals surface area contributed by atoms with Gasteiger partial charge in [-0.25, -0.2) is 0 Å². The summed E-state index contributed by atoms with van der Waals surface area (Å²) in [4.78, 5) is 5.05. The molecule has 1 fully saturated rings. The lowest BCUT2D eigenvalue weighted by atomic mass is 9.97. The molecule has 0 spiro atoms. The van der Waals surface area contributed by atoms with E-state index in [-0.39, 0.29) is 0 Å². The van der Waals surface area contributed by atoms with Crippen molar-refractivity contribution in [3.05, 3.63) is 35.4 Å². The SMILES string of the molecule is CN1CCC(CN(C)C2CCNCc3ccccc32)C1. The third-order valence-corrected chi connectivity index (χ3v) is 4.89. The van der Waals surface area contributed by atoms with Crippen molar-refractivity contribution in [2.24, 2.45) is 5.92 Å². The Bertz CT molecular complexity index is 446. The van der Waals surface area contributed by atoms with Gasteiger partial charge in [0, 0.05) is 25.7 Å². The van der Waals surface area contributed by atoms with Gasteiger partial charge in [0.1, 0.15) is 0 Å². The normalized spacial score (nSPS) is 27.6. The zero-order valence-corrected chi connectivity index (χ0v) is 12.8. The van der Waals surface area contributed by atoms with Gasteiger partial charge >= 0.3 is 0 Å². The lowest BCUT2D eigenvalue weighted by molar-refractivity contribution is 0.200. The van der Waals surface area contributed by atoms with Crippen LogP contribution in [0.5, 0.6) is 0 Å². The minimum atomic E-state index is 0.576. The van der Waals surface area contributed by atoms with Gasteiger partial charge in [-0.05, 0) is 57.1 Å². The molecule has 3 nitrogen and oxygen atoms in total. The minimum Gasteiger partial charge on any atom is -0.313 e. The molecule has 3 rings (SSSR count). The van der Waals surface area contributed by atoms with Crippen molar-refractivity contribution in [1.29, 1.82) is 0 Å². The Labute approximate surface area is 123 Å². The van der Waals surface area contributed by atoms with Gasteiger partial charge in [0.25, 0.3) is 0 Å². The second-order valence-corrected chi connectivity index (χ2v) is 6.54. The first kappa shape index (κ1) is 14.1. The number of hydrogen-bond donors (Lipinski definition) is 1. The van der Waals surface area contributed by atoms with Gasteiger partial charge in [-0.2, -0.15) is 0 Å². The van der Waals surface area contributed by atoms with E-state index in [2.05, 4.69) is 53.5 Å². The number of hydrogen-bond acceptors (Lipinski definition) is 3. The van der Waals surface area contributed by atoms with E-state index in [0.717, 1.165) is 19.0 Å². The standard InChI is InChI=1S/C17H27N3/c1-19-10-8-14(12-19)13-20(2)17-7-9-18-11-15-5-3-4-6-16(15)17/h3-6,14,17-18H,7-13H2,1-2H3. The molecule has 0 radical (unpaired) electrons. The second-order valence-electron chi connectivity index (χ2n) is 6.54. The first-order chi connectivity index (χ1) is 9.74. The molecule has 20 heavy (non-hydrogen) atoms. The number of fused-ring (bicyclic) bond motifs is 1. The molecule has 2 aliphatic rings. The van der Waals surface area contributed by atoms with Crippen molar-refractivity contribution in [2.45, 2.75) is 25.4 Å². The van der Waals surface area contributed by atoms with Crippen molar-refractivity contribution in [3.63, 3.8) is 0 Å². The molecule has 0 bridgehead atoms. The monoisotopic (exact) mass is 273 g/mol. The molecule has 1 aromatic carbocycles. The van der Waals surface area contributed by atoms with Crippen LogP contribution in [-0.2, 0) is 6.54 Å². The molecule has 1 N–H and O–H groups in total. The van der Waals surface area contributed by atoms with Crippen LogP contribution in [0.3, 0.4) is 0 Å². The van der Waals surface area contributed by atoms with E-state index in [9.17, 15) is 0 Å². The number of benzene rings is 1. The molecule has 2 aliphatic heterocycles. The molecule has 0 saturated carbocycles. The highest BCUT2D eigenvalue weighted by atomic mass is 15.2. The fourth-order valence-corrected chi connectivity index (χ4v) is 3.81. The minimum absolute atomic E-state index is 0.576. The third kappa shape index (κ3) is 3.05. The largest absolute Gasteiger partial charge is 0.313 e. The summed E-state index contributed by atoms with van der Waals surface area (Å²) in [5.41, 5.74) is 3.01. The summed E-state index contributed by atoms with van der Waals surface area (Å²) in [5.74, 6) is 0.841. The number of nitrogens with one attached hydrogen (secondary N) is 1. The van der Waals surface area contributed by atoms with Gasteiger partial charge in [0.2, 0.25) is 0 Å². The van der Waals surface area contributed by atoms with Gasteiger partial charge in [-0.1, -0.05) is 24.3 Å². The molecule has 3 heteroatoms. The second kappa shape index (κ2) is 6.25. The van der Waals surface area contributed by atoms with Crippen molar-refractivity contribution < 1.29 is 0 Å². The molecule has 110 valence electrons. The van der Waals surface area contributed by atoms with Crippen LogP contribution in [0.4, 0.5) is 0 Å². The van der Waals surface area contributed by atoms with Gasteiger partial charge in [-0.3, -0.25) is 4.90 Å². The van der Waals surface area contributed by atoms with E-state index in [0.29, 0.717) is 6.04 Å². The van der Waals surface area contributed by atoms with E-state index in [1.165, 1.54) is 43.6 Å². The van der Waals surface area contributed by atoms with Crippen LogP contribution in [0.15, 0.2) is 24.3 Å². The van der Waals surface area contributed by atoms with Crippen LogP contribution in [0, 0.1) is 5.92 Å². The molecular formula is C17H27N3. The zero-order chi connectivity index (χ0) is 13.9. The number of likely N-dealkylation sites (tertiary alicyclic amines) is 1. The van der Waals surface area contributed by atoms with Crippen LogP contribution in [-0.4, -0.2) is 50.1 Å². The molecule has 1 aromatic rings. The van der Waals surface area contributed by atoms with E-state index >= 15 is 0 Å². The van der Waals surface area contributed by atoms with Gasteiger partial charge in [0.05, 0.1) is 0 Å². The maximum atomic E-state index is 3.55. The Morgan fingerprint density at radius 3 is 2.95 bits per heavy atom. The third-order valence-electron chi connectivity index (χ3n) is 4.89. The first-order valence-corrected chi connectivity index (χ1v) is 7.91. The van der Waals surface area contributed by atoms with Gasteiger partial charge in [0.15, 0.2) is 0 Å². The van der Waals surface area contributed by atoms with Crippen LogP contribution in [0.1, 0.15) is 30.0 Å². The van der Waals surface area contributed by atoms with Crippen molar-refractivity contribution in [2.75, 3.05) is 40.3 Å². The van der Waals surface area contributed by atoms with Crippen LogP contribution in [0.25, 0.3) is 0 Å². The van der Waals surface area contributed by atoms with Crippen molar-refractivity contribution >= 4 is 0 Å². The zero-order valence-electron chi connectivity index (χ0n) is 12.8. The fraction of sp³-hybridized carbons (Fsp3) is 0.647. The average Bonchev–Trinajstić information content (AvgIpc) is 2.74. The maximum Gasteiger partial charge on any atom is 0.0360 e. The molecule has 2 unspecified atom stereocenters. The van der Waals surface area contributed by atoms with E-state index in [4.69, 9.17) is 0 Å². The summed E-state index contributed by atoms with van der Waals surface area (Å²) in [6.45, 7) is 5.89. The van der Waals surface area contributed by atoms with Crippen molar-refractivity contribution in [3.8, 4) is 0 Å². The number of rotatable bonds is 3. The Morgan fingerprint density at radius 1 is 1.30 bits per heavy atom. The lowest BCUT2D eigenvalue weighted by Crippen LogP contribution is -2.32. The molecule has 0 aromatic heterocycles. The average molecular weight is 273 g/mol. The topological polar surface area (TPSA) is 18.5 Å². The molecule has 2 atom stereocenters. The molecule has 2 heterocycles. The highest BCUT2D eigenvalue weighted by Crippen LogP contribution is 2.29. The molecule has 1 saturated heterocycles. The predicted molar refractivity (Wildman–Crippen MR) is 83.7 cm³/mol.